The highest BCUT2D eigenvalue weighted by Gasteiger charge is 2.27. The summed E-state index contributed by atoms with van der Waals surface area (Å²) in [6, 6.07) is 6.36. The van der Waals surface area contributed by atoms with Crippen LogP contribution in [0.25, 0.3) is 0 Å². The monoisotopic (exact) mass is 406 g/mol. The number of amides is 1. The molecular weight excluding hydrogens is 372 g/mol. The van der Waals surface area contributed by atoms with Crippen LogP contribution in [-0.2, 0) is 28.8 Å². The van der Waals surface area contributed by atoms with Gasteiger partial charge in [0.25, 0.3) is 0 Å². The molecule has 1 aromatic carbocycles. The first-order valence-corrected chi connectivity index (χ1v) is 11.8. The number of likely N-dealkylation sites (tertiary alicyclic amines) is 1. The fourth-order valence-electron chi connectivity index (χ4n) is 3.91. The molecule has 1 fully saturated rings. The molecule has 0 aromatic heterocycles. The smallest absolute Gasteiger partial charge is 0.410 e. The Balaban J connectivity index is 1.45. The van der Waals surface area contributed by atoms with E-state index in [9.17, 15) is 9.35 Å². The summed E-state index contributed by atoms with van der Waals surface area (Å²) in [5, 5.41) is 3.42. The van der Waals surface area contributed by atoms with Gasteiger partial charge in [0.2, 0.25) is 0 Å². The van der Waals surface area contributed by atoms with Crippen LogP contribution in [0.3, 0.4) is 0 Å². The van der Waals surface area contributed by atoms with Crippen molar-refractivity contribution in [2.75, 3.05) is 31.9 Å². The van der Waals surface area contributed by atoms with E-state index in [4.69, 9.17) is 4.74 Å². The molecule has 2 aliphatic heterocycles. The third-order valence-corrected chi connectivity index (χ3v) is 6.95. The molecule has 1 N–H and O–H groups in total. The maximum Gasteiger partial charge on any atom is 0.410 e. The minimum Gasteiger partial charge on any atom is -0.611 e. The SMILES string of the molecule is CC(C)(C)OC(=O)N1CCC(CC[S+]([O-])c2ccc3c(c2)CCNCC3)CC1. The number of hydrogen-bond acceptors (Lipinski definition) is 4. The Kier molecular flexibility index (Phi) is 7.29. The molecule has 0 saturated carbocycles. The maximum atomic E-state index is 12.8. The fourth-order valence-corrected chi connectivity index (χ4v) is 5.19. The van der Waals surface area contributed by atoms with E-state index in [1.807, 2.05) is 26.8 Å². The molecule has 5 nitrogen and oxygen atoms in total. The maximum absolute atomic E-state index is 12.8. The Morgan fingerprint density at radius 2 is 1.89 bits per heavy atom. The van der Waals surface area contributed by atoms with Crippen molar-refractivity contribution in [2.24, 2.45) is 5.92 Å². The highest BCUT2D eigenvalue weighted by atomic mass is 32.2. The van der Waals surface area contributed by atoms with Crippen LogP contribution in [0.1, 0.15) is 51.2 Å². The lowest BCUT2D eigenvalue weighted by atomic mass is 9.95. The summed E-state index contributed by atoms with van der Waals surface area (Å²) in [5.74, 6) is 1.24. The topological polar surface area (TPSA) is 64.6 Å². The van der Waals surface area contributed by atoms with Crippen LogP contribution in [0.2, 0.25) is 0 Å². The van der Waals surface area contributed by atoms with E-state index in [-0.39, 0.29) is 6.09 Å². The van der Waals surface area contributed by atoms with Gasteiger partial charge in [-0.2, -0.15) is 0 Å². The summed E-state index contributed by atoms with van der Waals surface area (Å²) in [5.41, 5.74) is 2.29. The summed E-state index contributed by atoms with van der Waals surface area (Å²) < 4.78 is 18.3. The summed E-state index contributed by atoms with van der Waals surface area (Å²) in [6.45, 7) is 9.18. The van der Waals surface area contributed by atoms with Crippen molar-refractivity contribution in [1.82, 2.24) is 10.2 Å². The lowest BCUT2D eigenvalue weighted by molar-refractivity contribution is 0.0183. The van der Waals surface area contributed by atoms with Crippen LogP contribution in [0, 0.1) is 5.92 Å². The zero-order chi connectivity index (χ0) is 20.1. The van der Waals surface area contributed by atoms with E-state index in [0.29, 0.717) is 11.7 Å². The van der Waals surface area contributed by atoms with Crippen molar-refractivity contribution in [1.29, 1.82) is 0 Å². The third-order valence-electron chi connectivity index (χ3n) is 5.56. The second-order valence-corrected chi connectivity index (χ2v) is 10.5. The molecule has 6 heteroatoms. The highest BCUT2D eigenvalue weighted by Crippen LogP contribution is 2.25. The van der Waals surface area contributed by atoms with Crippen molar-refractivity contribution < 1.29 is 14.1 Å². The van der Waals surface area contributed by atoms with Crippen LogP contribution in [0.15, 0.2) is 23.1 Å². The van der Waals surface area contributed by atoms with Gasteiger partial charge in [0, 0.05) is 13.1 Å². The number of nitrogens with one attached hydrogen (secondary N) is 1. The Hall–Kier alpha value is -1.24. The highest BCUT2D eigenvalue weighted by molar-refractivity contribution is 7.91. The van der Waals surface area contributed by atoms with Gasteiger partial charge in [-0.05, 0) is 106 Å². The average molecular weight is 407 g/mol. The number of ether oxygens (including phenoxy) is 1. The van der Waals surface area contributed by atoms with E-state index >= 15 is 0 Å². The molecule has 3 rings (SSSR count). The summed E-state index contributed by atoms with van der Waals surface area (Å²) in [6.07, 6.45) is 4.74. The van der Waals surface area contributed by atoms with E-state index < -0.39 is 16.8 Å². The zero-order valence-electron chi connectivity index (χ0n) is 17.5. The zero-order valence-corrected chi connectivity index (χ0v) is 18.3. The van der Waals surface area contributed by atoms with E-state index in [1.54, 1.807) is 4.90 Å². The Bertz CT molecular complexity index is 666. The van der Waals surface area contributed by atoms with Crippen molar-refractivity contribution in [3.05, 3.63) is 29.3 Å². The normalized spacial score (nSPS) is 19.6. The minimum atomic E-state index is -0.945. The Morgan fingerprint density at radius 3 is 2.57 bits per heavy atom. The second-order valence-electron chi connectivity index (χ2n) is 8.93. The largest absolute Gasteiger partial charge is 0.611 e. The first-order chi connectivity index (χ1) is 13.3. The molecule has 1 unspecified atom stereocenters. The summed E-state index contributed by atoms with van der Waals surface area (Å²) in [4.78, 5) is 14.9. The molecule has 1 saturated heterocycles. The molecule has 0 aliphatic carbocycles. The van der Waals surface area contributed by atoms with Gasteiger partial charge in [-0.3, -0.25) is 0 Å². The van der Waals surface area contributed by atoms with Crippen molar-refractivity contribution in [3.8, 4) is 0 Å². The number of hydrogen-bond donors (Lipinski definition) is 1. The van der Waals surface area contributed by atoms with Gasteiger partial charge in [-0.1, -0.05) is 6.07 Å². The predicted octanol–water partition coefficient (Wildman–Crippen LogP) is 3.52. The number of piperidine rings is 1. The summed E-state index contributed by atoms with van der Waals surface area (Å²) >= 11 is -0.945. The van der Waals surface area contributed by atoms with Crippen LogP contribution < -0.4 is 5.32 Å². The quantitative estimate of drug-likeness (QED) is 0.777. The molecule has 0 radical (unpaired) electrons. The molecule has 2 heterocycles. The van der Waals surface area contributed by atoms with Gasteiger partial charge in [0.1, 0.15) is 11.4 Å². The molecule has 1 aromatic rings. The molecule has 1 amide bonds. The van der Waals surface area contributed by atoms with Gasteiger partial charge < -0.3 is 19.5 Å². The Morgan fingerprint density at radius 1 is 1.21 bits per heavy atom. The van der Waals surface area contributed by atoms with E-state index in [2.05, 4.69) is 17.4 Å². The van der Waals surface area contributed by atoms with Gasteiger partial charge in [-0.25, -0.2) is 4.79 Å². The number of rotatable bonds is 4. The number of carbonyl (C=O) groups is 1. The van der Waals surface area contributed by atoms with Crippen LogP contribution in [-0.4, -0.2) is 53.1 Å². The molecule has 2 aliphatic rings. The molecule has 1 atom stereocenters. The minimum absolute atomic E-state index is 0.214. The summed E-state index contributed by atoms with van der Waals surface area (Å²) in [7, 11) is 0. The number of carbonyl (C=O) groups excluding carboxylic acids is 1. The number of nitrogens with zero attached hydrogens (tertiary/aromatic N) is 1. The van der Waals surface area contributed by atoms with Crippen LogP contribution in [0.4, 0.5) is 4.79 Å². The molecule has 0 bridgehead atoms. The van der Waals surface area contributed by atoms with Gasteiger partial charge in [-0.15, -0.1) is 0 Å². The fraction of sp³-hybridized carbons (Fsp3) is 0.682. The van der Waals surface area contributed by atoms with Crippen molar-refractivity contribution in [2.45, 2.75) is 63.4 Å². The van der Waals surface area contributed by atoms with Gasteiger partial charge in [0.15, 0.2) is 4.90 Å². The lowest BCUT2D eigenvalue weighted by Gasteiger charge is -2.33. The van der Waals surface area contributed by atoms with Crippen molar-refractivity contribution in [3.63, 3.8) is 0 Å². The molecule has 28 heavy (non-hydrogen) atoms. The second kappa shape index (κ2) is 9.51. The van der Waals surface area contributed by atoms with E-state index in [0.717, 1.165) is 63.2 Å². The van der Waals surface area contributed by atoms with Gasteiger partial charge >= 0.3 is 6.09 Å². The standard InChI is InChI=1S/C22H34N2O3S/c1-22(2,3)27-21(25)24-13-8-17(9-14-24)10-15-28(26)20-5-4-18-6-11-23-12-7-19(18)16-20/h4-5,16-17,23H,6-15H2,1-3H3. The molecular formula is C22H34N2O3S. The Labute approximate surface area is 172 Å². The first kappa shape index (κ1) is 21.5. The van der Waals surface area contributed by atoms with Crippen molar-refractivity contribution >= 4 is 17.3 Å². The third kappa shape index (κ3) is 6.13. The molecule has 156 valence electrons. The number of benzene rings is 1. The average Bonchev–Trinajstić information content (AvgIpc) is 2.90. The molecule has 0 spiro atoms. The van der Waals surface area contributed by atoms with Crippen LogP contribution >= 0.6 is 0 Å². The first-order valence-electron chi connectivity index (χ1n) is 10.5. The van der Waals surface area contributed by atoms with E-state index in [1.165, 1.54) is 11.1 Å². The van der Waals surface area contributed by atoms with Gasteiger partial charge in [0.05, 0.1) is 0 Å². The predicted molar refractivity (Wildman–Crippen MR) is 113 cm³/mol. The van der Waals surface area contributed by atoms with Crippen LogP contribution in [0.5, 0.6) is 0 Å². The number of fused-ring (bicyclic) bond motifs is 1. The lowest BCUT2D eigenvalue weighted by Crippen LogP contribution is -2.41.